The summed E-state index contributed by atoms with van der Waals surface area (Å²) in [5.74, 6) is 3.25. The van der Waals surface area contributed by atoms with Gasteiger partial charge in [-0.15, -0.1) is 0 Å². The van der Waals surface area contributed by atoms with Crippen LogP contribution in [0.25, 0.3) is 10.8 Å². The smallest absolute Gasteiger partial charge is 0.0254 e. The lowest BCUT2D eigenvalue weighted by Gasteiger charge is -2.46. The van der Waals surface area contributed by atoms with Crippen LogP contribution in [0.2, 0.25) is 0 Å². The van der Waals surface area contributed by atoms with Gasteiger partial charge in [0.25, 0.3) is 0 Å². The maximum Gasteiger partial charge on any atom is 0.0254 e. The van der Waals surface area contributed by atoms with Crippen LogP contribution < -0.4 is 0 Å². The lowest BCUT2D eigenvalue weighted by atomic mass is 9.57. The van der Waals surface area contributed by atoms with Crippen molar-refractivity contribution in [2.45, 2.75) is 18.3 Å². The summed E-state index contributed by atoms with van der Waals surface area (Å²) in [5.41, 5.74) is 3.21. The van der Waals surface area contributed by atoms with Crippen LogP contribution >= 0.6 is 15.9 Å². The molecule has 0 bridgehead atoms. The topological polar surface area (TPSA) is 0 Å². The van der Waals surface area contributed by atoms with Gasteiger partial charge >= 0.3 is 0 Å². The van der Waals surface area contributed by atoms with Crippen LogP contribution in [0.15, 0.2) is 47.0 Å². The molecular formula is C17H13Br. The molecule has 0 aliphatic heterocycles. The first-order chi connectivity index (χ1) is 8.86. The minimum absolute atomic E-state index is 0.766. The standard InChI is InChI=1S/C17H13Br/c18-14-8-7-13-15-11(14)5-2-6-12(15)16-9-3-1-4-10(9)17(13)16/h1-2,4-10,16-17H,3H2/t9-,10+,16-,17+/m0/s1. The Hall–Kier alpha value is -1.08. The second-order valence-electron chi connectivity index (χ2n) is 5.86. The Kier molecular flexibility index (Phi) is 1.68. The Morgan fingerprint density at radius 1 is 1.00 bits per heavy atom. The van der Waals surface area contributed by atoms with Gasteiger partial charge in [-0.2, -0.15) is 0 Å². The minimum atomic E-state index is 0.766. The maximum absolute atomic E-state index is 3.70. The molecule has 1 heteroatoms. The number of hydrogen-bond acceptors (Lipinski definition) is 0. The van der Waals surface area contributed by atoms with E-state index in [0.717, 1.165) is 23.7 Å². The van der Waals surface area contributed by atoms with E-state index in [1.54, 1.807) is 16.5 Å². The molecule has 0 radical (unpaired) electrons. The number of halogens is 1. The Morgan fingerprint density at radius 2 is 1.89 bits per heavy atom. The summed E-state index contributed by atoms with van der Waals surface area (Å²) in [6, 6.07) is 11.4. The number of hydrogen-bond donors (Lipinski definition) is 0. The molecule has 0 heterocycles. The Morgan fingerprint density at radius 3 is 2.83 bits per heavy atom. The minimum Gasteiger partial charge on any atom is -0.0879 e. The molecule has 5 rings (SSSR count). The van der Waals surface area contributed by atoms with Gasteiger partial charge in [-0.3, -0.25) is 0 Å². The number of allylic oxidation sites excluding steroid dienone is 2. The second kappa shape index (κ2) is 3.08. The molecule has 3 aliphatic rings. The normalized spacial score (nSPS) is 34.5. The van der Waals surface area contributed by atoms with E-state index in [9.17, 15) is 0 Å². The average Bonchev–Trinajstić information content (AvgIpc) is 2.88. The van der Waals surface area contributed by atoms with E-state index in [0.29, 0.717) is 0 Å². The third-order valence-corrected chi connectivity index (χ3v) is 5.99. The van der Waals surface area contributed by atoms with Crippen molar-refractivity contribution in [3.63, 3.8) is 0 Å². The van der Waals surface area contributed by atoms with Crippen molar-refractivity contribution in [1.29, 1.82) is 0 Å². The van der Waals surface area contributed by atoms with Crippen molar-refractivity contribution in [2.75, 3.05) is 0 Å². The van der Waals surface area contributed by atoms with E-state index in [4.69, 9.17) is 0 Å². The highest BCUT2D eigenvalue weighted by Gasteiger charge is 2.55. The summed E-state index contributed by atoms with van der Waals surface area (Å²) in [6.07, 6.45) is 6.15. The van der Waals surface area contributed by atoms with Crippen LogP contribution in [0.5, 0.6) is 0 Å². The van der Waals surface area contributed by atoms with Crippen LogP contribution in [0.1, 0.15) is 29.4 Å². The fraction of sp³-hybridized carbons (Fsp3) is 0.294. The van der Waals surface area contributed by atoms with Crippen LogP contribution in [0.4, 0.5) is 0 Å². The maximum atomic E-state index is 3.70. The van der Waals surface area contributed by atoms with Gasteiger partial charge in [-0.25, -0.2) is 0 Å². The van der Waals surface area contributed by atoms with Crippen molar-refractivity contribution < 1.29 is 0 Å². The lowest BCUT2D eigenvalue weighted by Crippen LogP contribution is -2.37. The number of benzene rings is 2. The molecule has 2 aromatic rings. The third kappa shape index (κ3) is 0.925. The number of rotatable bonds is 0. The highest BCUT2D eigenvalue weighted by molar-refractivity contribution is 9.10. The zero-order valence-electron chi connectivity index (χ0n) is 9.94. The fourth-order valence-electron chi connectivity index (χ4n) is 4.63. The van der Waals surface area contributed by atoms with E-state index in [-0.39, 0.29) is 0 Å². The zero-order valence-corrected chi connectivity index (χ0v) is 11.5. The Balaban J connectivity index is 1.87. The van der Waals surface area contributed by atoms with Crippen molar-refractivity contribution in [2.24, 2.45) is 11.8 Å². The van der Waals surface area contributed by atoms with E-state index >= 15 is 0 Å². The first kappa shape index (κ1) is 9.80. The molecule has 0 spiro atoms. The van der Waals surface area contributed by atoms with E-state index in [2.05, 4.69) is 58.4 Å². The quantitative estimate of drug-likeness (QED) is 0.601. The highest BCUT2D eigenvalue weighted by atomic mass is 79.9. The summed E-state index contributed by atoms with van der Waals surface area (Å²) in [5, 5.41) is 2.95. The second-order valence-corrected chi connectivity index (χ2v) is 6.72. The largest absolute Gasteiger partial charge is 0.0879 e. The average molecular weight is 297 g/mol. The summed E-state index contributed by atoms with van der Waals surface area (Å²) >= 11 is 3.70. The molecule has 4 atom stereocenters. The predicted molar refractivity (Wildman–Crippen MR) is 77.9 cm³/mol. The van der Waals surface area contributed by atoms with Gasteiger partial charge in [-0.1, -0.05) is 52.3 Å². The molecular weight excluding hydrogens is 284 g/mol. The molecule has 88 valence electrons. The van der Waals surface area contributed by atoms with E-state index in [1.165, 1.54) is 16.3 Å². The molecule has 0 saturated heterocycles. The van der Waals surface area contributed by atoms with Crippen LogP contribution in [0, 0.1) is 11.8 Å². The van der Waals surface area contributed by atoms with Crippen molar-refractivity contribution in [1.82, 2.24) is 0 Å². The Labute approximate surface area is 115 Å². The van der Waals surface area contributed by atoms with Crippen LogP contribution in [-0.4, -0.2) is 0 Å². The predicted octanol–water partition coefficient (Wildman–Crippen LogP) is 4.99. The summed E-state index contributed by atoms with van der Waals surface area (Å²) in [6.45, 7) is 0. The summed E-state index contributed by atoms with van der Waals surface area (Å²) in [7, 11) is 0. The number of fused-ring (bicyclic) bond motifs is 6. The van der Waals surface area contributed by atoms with Gasteiger partial charge in [0.2, 0.25) is 0 Å². The van der Waals surface area contributed by atoms with E-state index < -0.39 is 0 Å². The molecule has 2 aromatic carbocycles. The molecule has 1 fully saturated rings. The zero-order chi connectivity index (χ0) is 11.9. The summed E-state index contributed by atoms with van der Waals surface area (Å²) in [4.78, 5) is 0. The van der Waals surface area contributed by atoms with Gasteiger partial charge in [0.1, 0.15) is 0 Å². The molecule has 0 aromatic heterocycles. The first-order valence-electron chi connectivity index (χ1n) is 6.74. The fourth-order valence-corrected chi connectivity index (χ4v) is 5.10. The molecule has 0 N–H and O–H groups in total. The molecule has 1 saturated carbocycles. The van der Waals surface area contributed by atoms with Crippen LogP contribution in [-0.2, 0) is 0 Å². The van der Waals surface area contributed by atoms with Crippen molar-refractivity contribution in [3.8, 4) is 0 Å². The van der Waals surface area contributed by atoms with Gasteiger partial charge in [0.15, 0.2) is 0 Å². The molecule has 3 aliphatic carbocycles. The van der Waals surface area contributed by atoms with Gasteiger partial charge in [-0.05, 0) is 58.1 Å². The molecule has 0 nitrogen and oxygen atoms in total. The van der Waals surface area contributed by atoms with Gasteiger partial charge in [0.05, 0.1) is 0 Å². The molecule has 18 heavy (non-hydrogen) atoms. The van der Waals surface area contributed by atoms with Crippen molar-refractivity contribution >= 4 is 26.7 Å². The lowest BCUT2D eigenvalue weighted by molar-refractivity contribution is 0.157. The van der Waals surface area contributed by atoms with Crippen LogP contribution in [0.3, 0.4) is 0 Å². The SMILES string of the molecule is Brc1ccc2c3c(cccc13)[C@@H]1[C@H]3CC=C[C@H]3[C@H]21. The van der Waals surface area contributed by atoms with E-state index in [1.807, 2.05) is 0 Å². The molecule has 0 amide bonds. The highest BCUT2D eigenvalue weighted by Crippen LogP contribution is 2.67. The third-order valence-electron chi connectivity index (χ3n) is 5.29. The molecule has 0 unspecified atom stereocenters. The summed E-state index contributed by atoms with van der Waals surface area (Å²) < 4.78 is 1.24. The van der Waals surface area contributed by atoms with Gasteiger partial charge in [0, 0.05) is 4.47 Å². The Bertz CT molecular complexity index is 713. The van der Waals surface area contributed by atoms with Crippen molar-refractivity contribution in [3.05, 3.63) is 58.1 Å². The first-order valence-corrected chi connectivity index (χ1v) is 7.53. The monoisotopic (exact) mass is 296 g/mol. The van der Waals surface area contributed by atoms with Gasteiger partial charge < -0.3 is 0 Å².